The van der Waals surface area contributed by atoms with E-state index in [4.69, 9.17) is 5.73 Å². The largest absolute Gasteiger partial charge is 0.416 e. The highest BCUT2D eigenvalue weighted by Crippen LogP contribution is 2.54. The van der Waals surface area contributed by atoms with E-state index in [1.807, 2.05) is 0 Å². The Hall–Kier alpha value is -3.09. The molecule has 2 aromatic rings. The topological polar surface area (TPSA) is 97.5 Å². The summed E-state index contributed by atoms with van der Waals surface area (Å²) >= 11 is 0. The van der Waals surface area contributed by atoms with E-state index in [1.165, 1.54) is 0 Å². The van der Waals surface area contributed by atoms with Gasteiger partial charge in [-0.05, 0) is 61.4 Å². The van der Waals surface area contributed by atoms with Crippen LogP contribution in [0, 0.1) is 23.4 Å². The number of rotatable bonds is 6. The Balaban J connectivity index is 1.88. The molecule has 37 heavy (non-hydrogen) atoms. The van der Waals surface area contributed by atoms with Crippen LogP contribution in [0.3, 0.4) is 0 Å². The third kappa shape index (κ3) is 4.57. The molecule has 2 aliphatic rings. The van der Waals surface area contributed by atoms with Crippen LogP contribution in [0.15, 0.2) is 35.2 Å². The highest BCUT2D eigenvalue weighted by molar-refractivity contribution is 7.90. The maximum atomic E-state index is 15.2. The Bertz CT molecular complexity index is 1390. The molecule has 2 atom stereocenters. The molecule has 0 aromatic heterocycles. The zero-order chi connectivity index (χ0) is 27.5. The quantitative estimate of drug-likeness (QED) is 0.433. The number of likely N-dealkylation sites (tertiary alicyclic amines) is 1. The van der Waals surface area contributed by atoms with Crippen LogP contribution in [-0.4, -0.2) is 43.5 Å². The number of carbonyl (C=O) groups is 2. The standard InChI is InChI=1S/C24H22F6N2O4S/c1-37(35,36)17-8-7-15(25)18(20(17)27)21(33)32-10-2-9-23(32,22(31)34)19(12-3-4-12)14-6-5-13(11-16(14)26)24(28,29)30/h5-8,11-12,19H,2-4,9-10H2,1H3,(H2,31,34)/t19-,23+/m1/s1. The first-order chi connectivity index (χ1) is 17.1. The van der Waals surface area contributed by atoms with Gasteiger partial charge in [-0.2, -0.15) is 13.2 Å². The van der Waals surface area contributed by atoms with E-state index < -0.39 is 78.7 Å². The number of benzene rings is 2. The molecule has 0 radical (unpaired) electrons. The van der Waals surface area contributed by atoms with Crippen molar-refractivity contribution >= 4 is 21.7 Å². The van der Waals surface area contributed by atoms with Gasteiger partial charge in [0, 0.05) is 18.7 Å². The molecule has 0 spiro atoms. The lowest BCUT2D eigenvalue weighted by Crippen LogP contribution is -2.60. The van der Waals surface area contributed by atoms with E-state index in [-0.39, 0.29) is 31.0 Å². The van der Waals surface area contributed by atoms with Crippen molar-refractivity contribution in [1.82, 2.24) is 4.90 Å². The van der Waals surface area contributed by atoms with Gasteiger partial charge < -0.3 is 10.6 Å². The Morgan fingerprint density at radius 2 is 1.73 bits per heavy atom. The molecule has 2 amide bonds. The average Bonchev–Trinajstić information content (AvgIpc) is 3.50. The van der Waals surface area contributed by atoms with Crippen molar-refractivity contribution < 1.29 is 44.3 Å². The number of sulfone groups is 1. The summed E-state index contributed by atoms with van der Waals surface area (Å²) in [7, 11) is -4.20. The normalized spacial score (nSPS) is 21.2. The highest BCUT2D eigenvalue weighted by Gasteiger charge is 2.59. The SMILES string of the molecule is CS(=O)(=O)c1ccc(F)c(C(=O)N2CCC[C@@]2(C(N)=O)[C@@H](c2ccc(C(F)(F)F)cc2F)C2CC2)c1F. The van der Waals surface area contributed by atoms with Gasteiger partial charge in [0.05, 0.1) is 5.56 Å². The number of nitrogens with zero attached hydrogens (tertiary/aromatic N) is 1. The Kier molecular flexibility index (Phi) is 6.58. The second kappa shape index (κ2) is 9.03. The first-order valence-corrected chi connectivity index (χ1v) is 13.2. The number of primary amides is 1. The van der Waals surface area contributed by atoms with Crippen molar-refractivity contribution in [2.24, 2.45) is 11.7 Å². The van der Waals surface area contributed by atoms with E-state index >= 15 is 8.78 Å². The van der Waals surface area contributed by atoms with Gasteiger partial charge in [0.15, 0.2) is 15.7 Å². The predicted octanol–water partition coefficient (Wildman–Crippen LogP) is 4.18. The Labute approximate surface area is 208 Å². The third-order valence-corrected chi connectivity index (χ3v) is 8.15. The summed E-state index contributed by atoms with van der Waals surface area (Å²) in [6, 6.07) is 3.08. The summed E-state index contributed by atoms with van der Waals surface area (Å²) < 4.78 is 108. The molecule has 200 valence electrons. The summed E-state index contributed by atoms with van der Waals surface area (Å²) in [5, 5.41) is 0. The van der Waals surface area contributed by atoms with Crippen LogP contribution in [0.1, 0.15) is 53.1 Å². The van der Waals surface area contributed by atoms with Crippen molar-refractivity contribution in [3.05, 3.63) is 64.5 Å². The summed E-state index contributed by atoms with van der Waals surface area (Å²) in [4.78, 5) is 26.4. The lowest BCUT2D eigenvalue weighted by Gasteiger charge is -2.43. The first kappa shape index (κ1) is 27.0. The van der Waals surface area contributed by atoms with Crippen molar-refractivity contribution in [2.45, 2.75) is 48.2 Å². The van der Waals surface area contributed by atoms with E-state index in [0.717, 1.165) is 11.0 Å². The number of halogens is 6. The lowest BCUT2D eigenvalue weighted by atomic mass is 9.73. The van der Waals surface area contributed by atoms with Gasteiger partial charge in [0.2, 0.25) is 5.91 Å². The minimum absolute atomic E-state index is 0.120. The molecule has 1 heterocycles. The zero-order valence-corrected chi connectivity index (χ0v) is 20.2. The van der Waals surface area contributed by atoms with Crippen molar-refractivity contribution in [2.75, 3.05) is 12.8 Å². The fraction of sp³-hybridized carbons (Fsp3) is 0.417. The first-order valence-electron chi connectivity index (χ1n) is 11.3. The molecule has 6 nitrogen and oxygen atoms in total. The maximum Gasteiger partial charge on any atom is 0.416 e. The van der Waals surface area contributed by atoms with Gasteiger partial charge in [0.25, 0.3) is 5.91 Å². The monoisotopic (exact) mass is 548 g/mol. The Morgan fingerprint density at radius 1 is 1.08 bits per heavy atom. The number of hydrogen-bond donors (Lipinski definition) is 1. The van der Waals surface area contributed by atoms with E-state index in [2.05, 4.69) is 0 Å². The van der Waals surface area contributed by atoms with Crippen LogP contribution in [0.4, 0.5) is 26.3 Å². The summed E-state index contributed by atoms with van der Waals surface area (Å²) in [6.07, 6.45) is -3.27. The molecule has 2 aromatic carbocycles. The number of amides is 2. The molecular formula is C24H22F6N2O4S. The number of nitrogens with two attached hydrogens (primary N) is 1. The zero-order valence-electron chi connectivity index (χ0n) is 19.4. The number of alkyl halides is 3. The molecule has 4 rings (SSSR count). The Morgan fingerprint density at radius 3 is 2.24 bits per heavy atom. The van der Waals surface area contributed by atoms with Gasteiger partial charge in [-0.1, -0.05) is 6.07 Å². The smallest absolute Gasteiger partial charge is 0.368 e. The van der Waals surface area contributed by atoms with Crippen LogP contribution in [0.25, 0.3) is 0 Å². The third-order valence-electron chi connectivity index (χ3n) is 7.03. The van der Waals surface area contributed by atoms with Crippen LogP contribution in [0.5, 0.6) is 0 Å². The van der Waals surface area contributed by atoms with Crippen LogP contribution in [-0.2, 0) is 20.8 Å². The van der Waals surface area contributed by atoms with Gasteiger partial charge in [-0.25, -0.2) is 21.6 Å². The highest BCUT2D eigenvalue weighted by atomic mass is 32.2. The van der Waals surface area contributed by atoms with Crippen LogP contribution >= 0.6 is 0 Å². The minimum Gasteiger partial charge on any atom is -0.368 e. The molecule has 0 unspecified atom stereocenters. The lowest BCUT2D eigenvalue weighted by molar-refractivity contribution is -0.138. The summed E-state index contributed by atoms with van der Waals surface area (Å²) in [5.74, 6) is -8.41. The van der Waals surface area contributed by atoms with Crippen molar-refractivity contribution in [1.29, 1.82) is 0 Å². The molecule has 0 bridgehead atoms. The summed E-state index contributed by atoms with van der Waals surface area (Å²) in [6.45, 7) is -0.227. The van der Waals surface area contributed by atoms with E-state index in [9.17, 15) is 35.6 Å². The second-order valence-electron chi connectivity index (χ2n) is 9.40. The summed E-state index contributed by atoms with van der Waals surface area (Å²) in [5.41, 5.74) is 0.979. The van der Waals surface area contributed by atoms with E-state index in [0.29, 0.717) is 37.3 Å². The fourth-order valence-electron chi connectivity index (χ4n) is 5.29. The molecule has 1 saturated heterocycles. The molecule has 13 heteroatoms. The number of hydrogen-bond acceptors (Lipinski definition) is 4. The average molecular weight is 549 g/mol. The van der Waals surface area contributed by atoms with Gasteiger partial charge >= 0.3 is 6.18 Å². The van der Waals surface area contributed by atoms with Gasteiger partial charge in [-0.3, -0.25) is 9.59 Å². The minimum atomic E-state index is -4.83. The van der Waals surface area contributed by atoms with Crippen LogP contribution < -0.4 is 5.73 Å². The van der Waals surface area contributed by atoms with E-state index in [1.54, 1.807) is 0 Å². The molecular weight excluding hydrogens is 526 g/mol. The number of carbonyl (C=O) groups excluding carboxylic acids is 2. The fourth-order valence-corrected chi connectivity index (χ4v) is 6.04. The van der Waals surface area contributed by atoms with Crippen molar-refractivity contribution in [3.8, 4) is 0 Å². The maximum absolute atomic E-state index is 15.2. The predicted molar refractivity (Wildman–Crippen MR) is 119 cm³/mol. The van der Waals surface area contributed by atoms with Gasteiger partial charge in [-0.15, -0.1) is 0 Å². The molecule has 1 aliphatic heterocycles. The molecule has 1 aliphatic carbocycles. The second-order valence-corrected chi connectivity index (χ2v) is 11.4. The molecule has 2 N–H and O–H groups in total. The molecule has 2 fully saturated rings. The molecule has 1 saturated carbocycles. The van der Waals surface area contributed by atoms with Crippen LogP contribution in [0.2, 0.25) is 0 Å². The van der Waals surface area contributed by atoms with Gasteiger partial charge in [0.1, 0.15) is 27.6 Å². The van der Waals surface area contributed by atoms with Crippen molar-refractivity contribution in [3.63, 3.8) is 0 Å².